The molecule has 0 saturated carbocycles. The van der Waals surface area contributed by atoms with E-state index in [1.54, 1.807) is 12.3 Å². The number of benzene rings is 1. The Bertz CT molecular complexity index is 813. The van der Waals surface area contributed by atoms with Crippen LogP contribution in [0.25, 0.3) is 11.4 Å². The van der Waals surface area contributed by atoms with E-state index >= 15 is 0 Å². The number of fused-ring (bicyclic) bond motifs is 1. The van der Waals surface area contributed by atoms with Crippen molar-refractivity contribution in [3.05, 3.63) is 71.8 Å². The van der Waals surface area contributed by atoms with Gasteiger partial charge in [-0.2, -0.15) is 5.10 Å². The zero-order chi connectivity index (χ0) is 15.6. The third-order valence-electron chi connectivity index (χ3n) is 4.13. The van der Waals surface area contributed by atoms with Crippen molar-refractivity contribution in [2.45, 2.75) is 19.6 Å². The average Bonchev–Trinajstić information content (AvgIpc) is 2.99. The molecule has 5 heteroatoms. The first kappa shape index (κ1) is 14.1. The Labute approximate surface area is 134 Å². The summed E-state index contributed by atoms with van der Waals surface area (Å²) in [4.78, 5) is 6.49. The molecule has 0 N–H and O–H groups in total. The number of hydrogen-bond donors (Lipinski definition) is 0. The Hall–Kier alpha value is -2.53. The first-order chi connectivity index (χ1) is 11.3. The minimum absolute atomic E-state index is 0.323. The summed E-state index contributed by atoms with van der Waals surface area (Å²) in [5, 5.41) is 4.51. The molecule has 2 aromatic heterocycles. The third-order valence-corrected chi connectivity index (χ3v) is 4.13. The topological polar surface area (TPSA) is 34.0 Å². The fourth-order valence-electron chi connectivity index (χ4n) is 2.99. The minimum atomic E-state index is -0.330. The quantitative estimate of drug-likeness (QED) is 0.745. The molecule has 3 aromatic rings. The summed E-state index contributed by atoms with van der Waals surface area (Å²) in [5.41, 5.74) is 3.34. The maximum absolute atomic E-state index is 13.9. The molecule has 0 spiro atoms. The molecule has 4 nitrogen and oxygen atoms in total. The summed E-state index contributed by atoms with van der Waals surface area (Å²) in [5.74, 6) is -0.330. The van der Waals surface area contributed by atoms with E-state index in [0.29, 0.717) is 11.4 Å². The maximum Gasteiger partial charge on any atom is 0.151 e. The fourth-order valence-corrected chi connectivity index (χ4v) is 2.99. The Balaban J connectivity index is 1.55. The van der Waals surface area contributed by atoms with Gasteiger partial charge in [0.05, 0.1) is 12.2 Å². The Morgan fingerprint density at radius 1 is 1.04 bits per heavy atom. The van der Waals surface area contributed by atoms with Gasteiger partial charge >= 0.3 is 0 Å². The molecule has 0 fully saturated rings. The largest absolute Gasteiger partial charge is 0.291 e. The zero-order valence-corrected chi connectivity index (χ0v) is 12.7. The Morgan fingerprint density at radius 3 is 2.74 bits per heavy atom. The van der Waals surface area contributed by atoms with Crippen LogP contribution in [-0.2, 0) is 19.6 Å². The van der Waals surface area contributed by atoms with Crippen molar-refractivity contribution < 1.29 is 4.39 Å². The van der Waals surface area contributed by atoms with Crippen LogP contribution in [-0.4, -0.2) is 26.2 Å². The number of nitrogens with zero attached hydrogens (tertiary/aromatic N) is 4. The molecular formula is C18H17FN4. The van der Waals surface area contributed by atoms with Crippen LogP contribution in [0.2, 0.25) is 0 Å². The monoisotopic (exact) mass is 308 g/mol. The summed E-state index contributed by atoms with van der Waals surface area (Å²) in [7, 11) is 0. The lowest BCUT2D eigenvalue weighted by molar-refractivity contribution is 0.205. The first-order valence-corrected chi connectivity index (χ1v) is 7.73. The van der Waals surface area contributed by atoms with E-state index < -0.39 is 0 Å². The lowest BCUT2D eigenvalue weighted by Gasteiger charge is -2.27. The van der Waals surface area contributed by atoms with E-state index in [9.17, 15) is 4.39 Å². The van der Waals surface area contributed by atoms with Gasteiger partial charge in [-0.3, -0.25) is 14.6 Å². The second-order valence-electron chi connectivity index (χ2n) is 5.77. The fraction of sp³-hybridized carbons (Fsp3) is 0.222. The molecule has 0 unspecified atom stereocenters. The molecule has 1 aliphatic rings. The van der Waals surface area contributed by atoms with Crippen LogP contribution in [0.1, 0.15) is 11.3 Å². The summed E-state index contributed by atoms with van der Waals surface area (Å²) >= 11 is 0. The highest BCUT2D eigenvalue weighted by Gasteiger charge is 2.20. The Morgan fingerprint density at radius 2 is 1.91 bits per heavy atom. The van der Waals surface area contributed by atoms with Gasteiger partial charge in [-0.1, -0.05) is 30.3 Å². The number of hydrogen-bond acceptors (Lipinski definition) is 3. The van der Waals surface area contributed by atoms with Crippen molar-refractivity contribution in [1.29, 1.82) is 0 Å². The van der Waals surface area contributed by atoms with E-state index in [1.165, 1.54) is 11.6 Å². The first-order valence-electron chi connectivity index (χ1n) is 7.73. The van der Waals surface area contributed by atoms with Crippen molar-refractivity contribution in [2.75, 3.05) is 6.54 Å². The van der Waals surface area contributed by atoms with Crippen LogP contribution in [0.5, 0.6) is 0 Å². The zero-order valence-electron chi connectivity index (χ0n) is 12.7. The molecular weight excluding hydrogens is 291 g/mol. The highest BCUT2D eigenvalue weighted by atomic mass is 19.1. The SMILES string of the molecule is Fc1cccnc1-c1cc2n(n1)CCN(Cc1ccccc1)C2. The molecule has 4 rings (SSSR count). The molecule has 116 valence electrons. The van der Waals surface area contributed by atoms with Gasteiger partial charge in [0.2, 0.25) is 0 Å². The van der Waals surface area contributed by atoms with Gasteiger partial charge in [-0.25, -0.2) is 4.39 Å². The van der Waals surface area contributed by atoms with Crippen molar-refractivity contribution in [3.63, 3.8) is 0 Å². The van der Waals surface area contributed by atoms with Crippen LogP contribution in [0.3, 0.4) is 0 Å². The molecule has 1 aromatic carbocycles. The lowest BCUT2D eigenvalue weighted by atomic mass is 10.2. The smallest absolute Gasteiger partial charge is 0.151 e. The van der Waals surface area contributed by atoms with Gasteiger partial charge < -0.3 is 0 Å². The van der Waals surface area contributed by atoms with Gasteiger partial charge in [0.25, 0.3) is 0 Å². The van der Waals surface area contributed by atoms with Crippen LogP contribution < -0.4 is 0 Å². The molecule has 23 heavy (non-hydrogen) atoms. The van der Waals surface area contributed by atoms with Gasteiger partial charge in [-0.15, -0.1) is 0 Å². The summed E-state index contributed by atoms with van der Waals surface area (Å²) in [6.45, 7) is 3.49. The number of aromatic nitrogens is 3. The molecule has 3 heterocycles. The third kappa shape index (κ3) is 2.87. The second-order valence-corrected chi connectivity index (χ2v) is 5.77. The van der Waals surface area contributed by atoms with Crippen molar-refractivity contribution in [1.82, 2.24) is 19.7 Å². The number of pyridine rings is 1. The number of halogens is 1. The maximum atomic E-state index is 13.9. The van der Waals surface area contributed by atoms with Crippen LogP contribution in [0.15, 0.2) is 54.7 Å². The van der Waals surface area contributed by atoms with Gasteiger partial charge in [-0.05, 0) is 23.8 Å². The van der Waals surface area contributed by atoms with Crippen molar-refractivity contribution >= 4 is 0 Å². The number of rotatable bonds is 3. The summed E-state index contributed by atoms with van der Waals surface area (Å²) in [6, 6.07) is 15.4. The minimum Gasteiger partial charge on any atom is -0.291 e. The van der Waals surface area contributed by atoms with Crippen LogP contribution in [0.4, 0.5) is 4.39 Å². The summed E-state index contributed by atoms with van der Waals surface area (Å²) in [6.07, 6.45) is 1.60. The van der Waals surface area contributed by atoms with Crippen LogP contribution >= 0.6 is 0 Å². The Kier molecular flexibility index (Phi) is 3.63. The van der Waals surface area contributed by atoms with Gasteiger partial charge in [0.15, 0.2) is 5.82 Å². The molecule has 0 radical (unpaired) electrons. The van der Waals surface area contributed by atoms with E-state index in [2.05, 4.69) is 39.2 Å². The average molecular weight is 308 g/mol. The lowest BCUT2D eigenvalue weighted by Crippen LogP contribution is -2.33. The van der Waals surface area contributed by atoms with Gasteiger partial charge in [0.1, 0.15) is 11.4 Å². The summed E-state index contributed by atoms with van der Waals surface area (Å²) < 4.78 is 15.8. The van der Waals surface area contributed by atoms with E-state index in [-0.39, 0.29) is 5.82 Å². The van der Waals surface area contributed by atoms with Crippen LogP contribution in [0, 0.1) is 5.82 Å². The highest BCUT2D eigenvalue weighted by molar-refractivity contribution is 5.55. The van der Waals surface area contributed by atoms with E-state index in [1.807, 2.05) is 16.8 Å². The van der Waals surface area contributed by atoms with E-state index in [4.69, 9.17) is 0 Å². The predicted octanol–water partition coefficient (Wildman–Crippen LogP) is 3.10. The molecule has 0 aliphatic carbocycles. The van der Waals surface area contributed by atoms with Crippen molar-refractivity contribution in [2.24, 2.45) is 0 Å². The highest BCUT2D eigenvalue weighted by Crippen LogP contribution is 2.23. The molecule has 0 amide bonds. The molecule has 0 atom stereocenters. The van der Waals surface area contributed by atoms with E-state index in [0.717, 1.165) is 31.9 Å². The van der Waals surface area contributed by atoms with Gasteiger partial charge in [0, 0.05) is 25.8 Å². The van der Waals surface area contributed by atoms with Crippen molar-refractivity contribution in [3.8, 4) is 11.4 Å². The normalized spacial score (nSPS) is 14.7. The molecule has 0 saturated heterocycles. The standard InChI is InChI=1S/C18H17FN4/c19-16-7-4-8-20-18(16)17-11-15-13-22(9-10-23(15)21-17)12-14-5-2-1-3-6-14/h1-8,11H,9-10,12-13H2. The molecule has 1 aliphatic heterocycles. The molecule has 0 bridgehead atoms. The predicted molar refractivity (Wildman–Crippen MR) is 86.0 cm³/mol. The second kappa shape index (κ2) is 5.93.